The molecular weight excluding hydrogens is 780 g/mol. The van der Waals surface area contributed by atoms with E-state index in [1.54, 1.807) is 35.6 Å². The molecule has 1 amide bonds. The quantitative estimate of drug-likeness (QED) is 0.168. The molecule has 4 aliphatic rings. The highest BCUT2D eigenvalue weighted by molar-refractivity contribution is 7.15. The Hall–Kier alpha value is -5.63. The number of carbonyl (C=O) groups excluding carboxylic acids is 1. The summed E-state index contributed by atoms with van der Waals surface area (Å²) in [5.74, 6) is 10.2. The van der Waals surface area contributed by atoms with Crippen molar-refractivity contribution in [2.75, 3.05) is 18.0 Å². The summed E-state index contributed by atoms with van der Waals surface area (Å²) in [6.07, 6.45) is 9.51. The number of pyridine rings is 1. The molecule has 5 aromatic rings. The van der Waals surface area contributed by atoms with Gasteiger partial charge in [-0.15, -0.1) is 31.7 Å². The van der Waals surface area contributed by atoms with Gasteiger partial charge in [0.15, 0.2) is 17.3 Å². The molecule has 4 aromatic heterocycles. The number of aromatic nitrogens is 6. The van der Waals surface area contributed by atoms with Crippen LogP contribution >= 0.6 is 22.9 Å². The molecule has 12 nitrogen and oxygen atoms in total. The van der Waals surface area contributed by atoms with Crippen LogP contribution in [0.5, 0.6) is 5.75 Å². The van der Waals surface area contributed by atoms with Gasteiger partial charge in [0, 0.05) is 53.3 Å². The number of rotatable bonds is 6. The highest BCUT2D eigenvalue weighted by Gasteiger charge is 2.46. The van der Waals surface area contributed by atoms with Crippen LogP contribution in [-0.4, -0.2) is 66.8 Å². The molecule has 300 valence electrons. The maximum Gasteiger partial charge on any atom is 0.272 e. The van der Waals surface area contributed by atoms with Gasteiger partial charge in [-0.2, -0.15) is 5.26 Å². The van der Waals surface area contributed by atoms with Crippen LogP contribution < -0.4 is 15.0 Å². The Morgan fingerprint density at radius 1 is 1.03 bits per heavy atom. The number of halogens is 1. The molecule has 1 N–H and O–H groups in total. The lowest BCUT2D eigenvalue weighted by atomic mass is 9.58. The molecule has 2 saturated carbocycles. The van der Waals surface area contributed by atoms with Crippen LogP contribution in [0.2, 0.25) is 5.02 Å². The molecule has 0 unspecified atom stereocenters. The lowest BCUT2D eigenvalue weighted by Gasteiger charge is -2.51. The van der Waals surface area contributed by atoms with Gasteiger partial charge >= 0.3 is 0 Å². The zero-order valence-corrected chi connectivity index (χ0v) is 35.2. The van der Waals surface area contributed by atoms with Crippen molar-refractivity contribution in [2.45, 2.75) is 97.2 Å². The van der Waals surface area contributed by atoms with Crippen molar-refractivity contribution in [1.29, 1.82) is 5.26 Å². The number of nitrogens with one attached hydrogen (secondary N) is 1. The van der Waals surface area contributed by atoms with Gasteiger partial charge < -0.3 is 15.0 Å². The van der Waals surface area contributed by atoms with Crippen molar-refractivity contribution in [2.24, 2.45) is 16.3 Å². The van der Waals surface area contributed by atoms with E-state index in [2.05, 4.69) is 79.9 Å². The predicted octanol–water partition coefficient (Wildman–Crippen LogP) is 8.04. The minimum atomic E-state index is -0.206. The van der Waals surface area contributed by atoms with Crippen LogP contribution in [0.4, 0.5) is 5.82 Å². The van der Waals surface area contributed by atoms with E-state index in [9.17, 15) is 4.79 Å². The fraction of sp³-hybridized carbons (Fsp3) is 0.422. The molecule has 1 atom stereocenters. The average molecular weight is 825 g/mol. The number of amides is 1. The van der Waals surface area contributed by atoms with E-state index in [-0.39, 0.29) is 29.5 Å². The number of fused-ring (bicyclic) bond motifs is 3. The lowest BCUT2D eigenvalue weighted by molar-refractivity contribution is 0.0684. The summed E-state index contributed by atoms with van der Waals surface area (Å²) in [6.45, 7) is 10.2. The zero-order chi connectivity index (χ0) is 40.8. The Bertz CT molecular complexity index is 2550. The number of carbonyl (C=O) groups is 1. The summed E-state index contributed by atoms with van der Waals surface area (Å²) in [7, 11) is 0. The first-order valence-electron chi connectivity index (χ1n) is 20.4. The Kier molecular flexibility index (Phi) is 10.4. The second kappa shape index (κ2) is 15.9. The topological polar surface area (TPSA) is 147 Å². The standard InChI is InChI=1S/C45H45ClN10O2S/c1-26-28(3)59-44-40(26)41(49-27(2)42-54-51-29(4)56(42)44)32-7-10-33(48-24-32)9-6-30-21-45(22-30)18-5-19-55(25-45)39-17-16-38(52-53-39)43(57)50-34-11-14-35(15-12-34)58-36-13-8-31(23-47)37(46)20-36/h7-8,10,13,16-17,20,24,27,30,34-35H,5,11-12,14-15,18-19,21-22,25H2,1-4H3,(H,50,57)/t27-,30?,34-,35-,45?/m0/s1. The number of nitrogens with zero attached hydrogens (tertiary/aromatic N) is 9. The van der Waals surface area contributed by atoms with E-state index in [0.29, 0.717) is 27.9 Å². The Morgan fingerprint density at radius 3 is 2.59 bits per heavy atom. The van der Waals surface area contributed by atoms with Gasteiger partial charge in [0.1, 0.15) is 34.4 Å². The molecule has 2 aliphatic carbocycles. The van der Waals surface area contributed by atoms with Gasteiger partial charge in [-0.1, -0.05) is 17.5 Å². The molecular formula is C45H45ClN10O2S. The summed E-state index contributed by atoms with van der Waals surface area (Å²) in [6, 6.07) is 14.9. The average Bonchev–Trinajstić information content (AvgIpc) is 3.72. The van der Waals surface area contributed by atoms with E-state index in [4.69, 9.17) is 31.6 Å². The third-order valence-electron chi connectivity index (χ3n) is 12.4. The predicted molar refractivity (Wildman–Crippen MR) is 228 cm³/mol. The van der Waals surface area contributed by atoms with Crippen molar-refractivity contribution >= 4 is 40.4 Å². The first kappa shape index (κ1) is 38.9. The fourth-order valence-electron chi connectivity index (χ4n) is 9.14. The van der Waals surface area contributed by atoms with Crippen LogP contribution in [0.15, 0.2) is 53.7 Å². The maximum atomic E-state index is 13.1. The second-order valence-corrected chi connectivity index (χ2v) is 18.1. The summed E-state index contributed by atoms with van der Waals surface area (Å²) < 4.78 is 8.26. The van der Waals surface area contributed by atoms with Gasteiger partial charge in [0.05, 0.1) is 22.4 Å². The van der Waals surface area contributed by atoms with Crippen molar-refractivity contribution in [3.05, 3.63) is 104 Å². The highest BCUT2D eigenvalue weighted by Crippen LogP contribution is 2.51. The number of ether oxygens (including phenoxy) is 1. The Balaban J connectivity index is 0.772. The minimum Gasteiger partial charge on any atom is -0.490 e. The zero-order valence-electron chi connectivity index (χ0n) is 33.6. The highest BCUT2D eigenvalue weighted by atomic mass is 35.5. The maximum absolute atomic E-state index is 13.1. The fourth-order valence-corrected chi connectivity index (χ4v) is 10.6. The summed E-state index contributed by atoms with van der Waals surface area (Å²) in [5.41, 5.74) is 5.98. The van der Waals surface area contributed by atoms with Gasteiger partial charge in [-0.25, -0.2) is 4.98 Å². The Morgan fingerprint density at radius 2 is 1.86 bits per heavy atom. The van der Waals surface area contributed by atoms with E-state index < -0.39 is 0 Å². The molecule has 0 bridgehead atoms. The molecule has 2 aliphatic heterocycles. The van der Waals surface area contributed by atoms with Crippen molar-refractivity contribution in [3.63, 3.8) is 0 Å². The number of hydrogen-bond acceptors (Lipinski definition) is 11. The third-order valence-corrected chi connectivity index (χ3v) is 13.9. The van der Waals surface area contributed by atoms with Gasteiger partial charge in [-0.3, -0.25) is 14.4 Å². The molecule has 1 saturated heterocycles. The monoisotopic (exact) mass is 824 g/mol. The number of thiophene rings is 1. The number of hydrogen-bond donors (Lipinski definition) is 1. The summed E-state index contributed by atoms with van der Waals surface area (Å²) in [4.78, 5) is 26.6. The minimum absolute atomic E-state index is 0.0319. The van der Waals surface area contributed by atoms with Gasteiger partial charge in [0.2, 0.25) is 0 Å². The molecule has 59 heavy (non-hydrogen) atoms. The first-order valence-corrected chi connectivity index (χ1v) is 21.6. The van der Waals surface area contributed by atoms with Crippen LogP contribution in [-0.2, 0) is 0 Å². The Labute approximate surface area is 353 Å². The van der Waals surface area contributed by atoms with Crippen LogP contribution in [0, 0.1) is 55.3 Å². The van der Waals surface area contributed by atoms with E-state index in [1.165, 1.54) is 16.9 Å². The number of piperidine rings is 1. The number of nitriles is 1. The van der Waals surface area contributed by atoms with Crippen molar-refractivity contribution < 1.29 is 9.53 Å². The number of aryl methyl sites for hydroxylation is 2. The van der Waals surface area contributed by atoms with E-state index >= 15 is 0 Å². The smallest absolute Gasteiger partial charge is 0.272 e. The van der Waals surface area contributed by atoms with Crippen LogP contribution in [0.25, 0.3) is 5.00 Å². The number of anilines is 1. The van der Waals surface area contributed by atoms with Crippen LogP contribution in [0.1, 0.15) is 119 Å². The molecule has 1 aromatic carbocycles. The second-order valence-electron chi connectivity index (χ2n) is 16.5. The van der Waals surface area contributed by atoms with Crippen molar-refractivity contribution in [1.82, 2.24) is 35.3 Å². The molecule has 6 heterocycles. The molecule has 0 radical (unpaired) electrons. The molecule has 3 fully saturated rings. The lowest BCUT2D eigenvalue weighted by Crippen LogP contribution is -2.50. The summed E-state index contributed by atoms with van der Waals surface area (Å²) in [5, 5.41) is 31.4. The SMILES string of the molecule is Cc1sc2c(c1C)C(c1ccc(C#CC3CC4(CCCN(c5ccc(C(=O)N[C@H]6CC[C@H](Oc7ccc(C#N)c(Cl)c7)CC6)nn5)C4)C3)nc1)=N[C@@H](C)c1nnc(C)n1-2. The normalized spacial score (nSPS) is 23.4. The van der Waals surface area contributed by atoms with Crippen molar-refractivity contribution in [3.8, 4) is 28.7 Å². The largest absolute Gasteiger partial charge is 0.490 e. The summed E-state index contributed by atoms with van der Waals surface area (Å²) >= 11 is 7.92. The van der Waals surface area contributed by atoms with E-state index in [1.807, 2.05) is 25.3 Å². The number of aliphatic imine (C=N–C) groups is 1. The molecule has 9 rings (SSSR count). The van der Waals surface area contributed by atoms with Gasteiger partial charge in [-0.05, 0) is 132 Å². The van der Waals surface area contributed by atoms with E-state index in [0.717, 1.165) is 103 Å². The van der Waals surface area contributed by atoms with Crippen LogP contribution in [0.3, 0.4) is 0 Å². The number of benzene rings is 1. The molecule has 14 heteroatoms. The molecule has 1 spiro atoms. The third kappa shape index (κ3) is 7.70. The first-order chi connectivity index (χ1) is 28.6. The van der Waals surface area contributed by atoms with Gasteiger partial charge in [0.25, 0.3) is 5.91 Å².